The lowest BCUT2D eigenvalue weighted by Crippen LogP contribution is -2.32. The minimum Gasteiger partial charge on any atom is -0.403 e. The van der Waals surface area contributed by atoms with Gasteiger partial charge in [0.25, 0.3) is 0 Å². The van der Waals surface area contributed by atoms with Crippen LogP contribution in [0.3, 0.4) is 0 Å². The number of nitrogens with zero attached hydrogens (tertiary/aromatic N) is 3. The van der Waals surface area contributed by atoms with Crippen molar-refractivity contribution in [2.24, 2.45) is 0 Å². The van der Waals surface area contributed by atoms with Crippen molar-refractivity contribution < 1.29 is 13.9 Å². The highest BCUT2D eigenvalue weighted by atomic mass is 35.5. The second kappa shape index (κ2) is 5.03. The summed E-state index contributed by atoms with van der Waals surface area (Å²) in [6.07, 6.45) is 0.248. The Morgan fingerprint density at radius 1 is 1.45 bits per heavy atom. The molecule has 2 heterocycles. The van der Waals surface area contributed by atoms with Gasteiger partial charge in [-0.1, -0.05) is 22.8 Å². The van der Waals surface area contributed by atoms with Gasteiger partial charge < -0.3 is 14.4 Å². The maximum atomic E-state index is 14.0. The lowest BCUT2D eigenvalue weighted by atomic mass is 10.1. The third-order valence-electron chi connectivity index (χ3n) is 3.34. The van der Waals surface area contributed by atoms with Crippen molar-refractivity contribution in [3.63, 3.8) is 0 Å². The lowest BCUT2D eigenvalue weighted by Gasteiger charge is -2.16. The van der Waals surface area contributed by atoms with Crippen LogP contribution >= 0.6 is 11.6 Å². The van der Waals surface area contributed by atoms with E-state index in [0.717, 1.165) is 0 Å². The third kappa shape index (κ3) is 2.48. The van der Waals surface area contributed by atoms with Crippen LogP contribution in [0.15, 0.2) is 28.7 Å². The number of hydrogen-bond acceptors (Lipinski definition) is 5. The van der Waals surface area contributed by atoms with Crippen LogP contribution in [-0.2, 0) is 0 Å². The predicted molar refractivity (Wildman–Crippen MR) is 72.5 cm³/mol. The number of alkyl halides is 1. The lowest BCUT2D eigenvalue weighted by molar-refractivity contribution is 0.0907. The van der Waals surface area contributed by atoms with Crippen molar-refractivity contribution in [3.8, 4) is 11.5 Å². The van der Waals surface area contributed by atoms with Crippen LogP contribution < -0.4 is 4.90 Å². The molecule has 3 rings (SSSR count). The zero-order valence-corrected chi connectivity index (χ0v) is 11.3. The van der Waals surface area contributed by atoms with E-state index >= 15 is 0 Å². The first kappa shape index (κ1) is 13.3. The van der Waals surface area contributed by atoms with Crippen LogP contribution in [0.2, 0.25) is 5.02 Å². The minimum atomic E-state index is -1.59. The second-order valence-electron chi connectivity index (χ2n) is 4.88. The van der Waals surface area contributed by atoms with Gasteiger partial charge >= 0.3 is 6.01 Å². The zero-order valence-electron chi connectivity index (χ0n) is 10.6. The fraction of sp³-hybridized carbons (Fsp3) is 0.385. The molecular weight excluding hydrogens is 285 g/mol. The Morgan fingerprint density at radius 2 is 2.30 bits per heavy atom. The van der Waals surface area contributed by atoms with Gasteiger partial charge in [-0.05, 0) is 18.2 Å². The van der Waals surface area contributed by atoms with Gasteiger partial charge in [-0.2, -0.15) is 0 Å². The molecule has 20 heavy (non-hydrogen) atoms. The molecule has 1 fully saturated rings. The summed E-state index contributed by atoms with van der Waals surface area (Å²) < 4.78 is 19.5. The molecule has 1 aromatic heterocycles. The Balaban J connectivity index is 1.81. The van der Waals surface area contributed by atoms with Crippen LogP contribution in [0, 0.1) is 0 Å². The molecule has 2 aromatic rings. The van der Waals surface area contributed by atoms with Crippen molar-refractivity contribution in [2.75, 3.05) is 24.6 Å². The van der Waals surface area contributed by atoms with Crippen LogP contribution in [0.1, 0.15) is 6.42 Å². The zero-order chi connectivity index (χ0) is 14.2. The van der Waals surface area contributed by atoms with Crippen LogP contribution in [0.5, 0.6) is 0 Å². The van der Waals surface area contributed by atoms with Crippen molar-refractivity contribution in [2.45, 2.75) is 12.1 Å². The van der Waals surface area contributed by atoms with Gasteiger partial charge in [0.2, 0.25) is 5.89 Å². The molecule has 1 atom stereocenters. The van der Waals surface area contributed by atoms with Gasteiger partial charge in [0.15, 0.2) is 5.67 Å². The van der Waals surface area contributed by atoms with Crippen LogP contribution in [0.4, 0.5) is 10.4 Å². The van der Waals surface area contributed by atoms with E-state index in [9.17, 15) is 4.39 Å². The molecular formula is C13H13ClFN3O2. The number of aliphatic hydroxyl groups excluding tert-OH is 1. The molecule has 1 aliphatic rings. The highest BCUT2D eigenvalue weighted by molar-refractivity contribution is 6.30. The van der Waals surface area contributed by atoms with E-state index in [1.54, 1.807) is 29.2 Å². The molecule has 0 amide bonds. The number of halogens is 2. The Kier molecular flexibility index (Phi) is 3.35. The van der Waals surface area contributed by atoms with E-state index in [1.165, 1.54) is 0 Å². The topological polar surface area (TPSA) is 62.4 Å². The van der Waals surface area contributed by atoms with Gasteiger partial charge in [0.1, 0.15) is 0 Å². The summed E-state index contributed by atoms with van der Waals surface area (Å²) in [4.78, 5) is 1.64. The molecule has 0 spiro atoms. The summed E-state index contributed by atoms with van der Waals surface area (Å²) in [5.41, 5.74) is -0.880. The first-order valence-corrected chi connectivity index (χ1v) is 6.62. The molecule has 0 bridgehead atoms. The molecule has 1 N–H and O–H groups in total. The summed E-state index contributed by atoms with van der Waals surface area (Å²) >= 11 is 5.91. The molecule has 1 saturated heterocycles. The largest absolute Gasteiger partial charge is 0.403 e. The number of aliphatic hydroxyl groups is 1. The van der Waals surface area contributed by atoms with Gasteiger partial charge in [0, 0.05) is 23.6 Å². The van der Waals surface area contributed by atoms with Gasteiger partial charge in [-0.3, -0.25) is 0 Å². The maximum Gasteiger partial charge on any atom is 0.318 e. The number of anilines is 1. The van der Waals surface area contributed by atoms with Crippen molar-refractivity contribution in [1.29, 1.82) is 0 Å². The van der Waals surface area contributed by atoms with Crippen LogP contribution in [0.25, 0.3) is 11.5 Å². The monoisotopic (exact) mass is 297 g/mol. The number of hydrogen-bond donors (Lipinski definition) is 1. The Morgan fingerprint density at radius 3 is 3.00 bits per heavy atom. The summed E-state index contributed by atoms with van der Waals surface area (Å²) in [5, 5.41) is 17.5. The van der Waals surface area contributed by atoms with Gasteiger partial charge in [-0.15, -0.1) is 5.10 Å². The summed E-state index contributed by atoms with van der Waals surface area (Å²) in [7, 11) is 0. The summed E-state index contributed by atoms with van der Waals surface area (Å²) in [5.74, 6) is 0.336. The average molecular weight is 298 g/mol. The van der Waals surface area contributed by atoms with Gasteiger partial charge in [-0.25, -0.2) is 4.39 Å². The van der Waals surface area contributed by atoms with E-state index in [1.807, 2.05) is 0 Å². The Labute approximate surface area is 120 Å². The molecule has 1 unspecified atom stereocenters. The SMILES string of the molecule is OCC1(F)CCN(c2nnc(-c3cccc(Cl)c3)o2)C1. The fourth-order valence-corrected chi connectivity index (χ4v) is 2.40. The first-order valence-electron chi connectivity index (χ1n) is 6.24. The van der Waals surface area contributed by atoms with E-state index < -0.39 is 12.3 Å². The second-order valence-corrected chi connectivity index (χ2v) is 5.32. The standard InChI is InChI=1S/C13H13ClFN3O2/c14-10-3-1-2-9(6-10)11-16-17-12(20-11)18-5-4-13(15,7-18)8-19/h1-3,6,19H,4-5,7-8H2. The molecule has 7 heteroatoms. The third-order valence-corrected chi connectivity index (χ3v) is 3.58. The highest BCUT2D eigenvalue weighted by Crippen LogP contribution is 2.30. The van der Waals surface area contributed by atoms with Gasteiger partial charge in [0.05, 0.1) is 13.2 Å². The fourth-order valence-electron chi connectivity index (χ4n) is 2.21. The summed E-state index contributed by atoms with van der Waals surface area (Å²) in [6.45, 7) is -0.00624. The Hall–Kier alpha value is -1.66. The average Bonchev–Trinajstić information content (AvgIpc) is 3.06. The first-order chi connectivity index (χ1) is 9.59. The minimum absolute atomic E-state index is 0.0562. The summed E-state index contributed by atoms with van der Waals surface area (Å²) in [6, 6.07) is 7.32. The van der Waals surface area contributed by atoms with Crippen molar-refractivity contribution >= 4 is 17.6 Å². The van der Waals surface area contributed by atoms with E-state index in [4.69, 9.17) is 21.1 Å². The number of aromatic nitrogens is 2. The molecule has 5 nitrogen and oxygen atoms in total. The quantitative estimate of drug-likeness (QED) is 0.942. The van der Waals surface area contributed by atoms with E-state index in [0.29, 0.717) is 23.0 Å². The molecule has 0 radical (unpaired) electrons. The smallest absolute Gasteiger partial charge is 0.318 e. The molecule has 1 aliphatic heterocycles. The van der Waals surface area contributed by atoms with E-state index in [-0.39, 0.29) is 19.0 Å². The Bertz CT molecular complexity index is 621. The normalized spacial score (nSPS) is 22.4. The molecule has 0 aliphatic carbocycles. The maximum absolute atomic E-state index is 14.0. The molecule has 106 valence electrons. The van der Waals surface area contributed by atoms with E-state index in [2.05, 4.69) is 10.2 Å². The number of rotatable bonds is 3. The van der Waals surface area contributed by atoms with Crippen molar-refractivity contribution in [1.82, 2.24) is 10.2 Å². The predicted octanol–water partition coefficient (Wildman–Crippen LogP) is 2.30. The van der Waals surface area contributed by atoms with Crippen LogP contribution in [-0.4, -0.2) is 40.7 Å². The van der Waals surface area contributed by atoms with Crippen molar-refractivity contribution in [3.05, 3.63) is 29.3 Å². The number of benzene rings is 1. The highest BCUT2D eigenvalue weighted by Gasteiger charge is 2.39. The molecule has 1 aromatic carbocycles. The molecule has 0 saturated carbocycles.